The fraction of sp³-hybridized carbons (Fsp3) is 0.588. The largest absolute Gasteiger partial charge is 0.338 e. The highest BCUT2D eigenvalue weighted by molar-refractivity contribution is 14.1. The predicted octanol–water partition coefficient (Wildman–Crippen LogP) is 3.63. The van der Waals surface area contributed by atoms with Gasteiger partial charge in [0.05, 0.1) is 5.56 Å². The van der Waals surface area contributed by atoms with Crippen LogP contribution in [0.1, 0.15) is 41.6 Å². The Kier molecular flexibility index (Phi) is 6.53. The second kappa shape index (κ2) is 7.97. The molecule has 0 atom stereocenters. The van der Waals surface area contributed by atoms with Gasteiger partial charge in [0, 0.05) is 22.7 Å². The van der Waals surface area contributed by atoms with E-state index >= 15 is 0 Å². The first-order valence-corrected chi connectivity index (χ1v) is 9.01. The van der Waals surface area contributed by atoms with Crippen LogP contribution in [0.4, 0.5) is 0 Å². The summed E-state index contributed by atoms with van der Waals surface area (Å²) in [6.45, 7) is 5.00. The number of hydrogen-bond acceptors (Lipinski definition) is 2. The molecule has 1 saturated carbocycles. The van der Waals surface area contributed by atoms with Crippen molar-refractivity contribution >= 4 is 40.9 Å². The Bertz CT molecular complexity index is 525. The van der Waals surface area contributed by atoms with Crippen LogP contribution in [0.15, 0.2) is 18.2 Å². The number of piperidine rings is 1. The molecule has 122 valence electrons. The first-order chi connectivity index (χ1) is 10.1. The van der Waals surface area contributed by atoms with Gasteiger partial charge in [-0.05, 0) is 79.3 Å². The molecule has 1 aromatic carbocycles. The zero-order valence-electron chi connectivity index (χ0n) is 13.0. The van der Waals surface area contributed by atoms with Gasteiger partial charge >= 0.3 is 0 Å². The Labute approximate surface area is 152 Å². The van der Waals surface area contributed by atoms with Crippen molar-refractivity contribution in [3.05, 3.63) is 32.9 Å². The van der Waals surface area contributed by atoms with E-state index in [2.05, 4.69) is 40.9 Å². The number of carbonyl (C=O) groups excluding carboxylic acids is 1. The maximum atomic E-state index is 12.7. The van der Waals surface area contributed by atoms with E-state index in [1.165, 1.54) is 24.9 Å². The maximum absolute atomic E-state index is 12.7. The zero-order valence-corrected chi connectivity index (χ0v) is 16.0. The molecule has 1 N–H and O–H groups in total. The second-order valence-corrected chi connectivity index (χ2v) is 7.43. The minimum absolute atomic E-state index is 0. The number of carbonyl (C=O) groups is 1. The lowest BCUT2D eigenvalue weighted by Gasteiger charge is -2.33. The molecule has 1 saturated heterocycles. The summed E-state index contributed by atoms with van der Waals surface area (Å²) >= 11 is 2.29. The van der Waals surface area contributed by atoms with Crippen molar-refractivity contribution < 1.29 is 4.79 Å². The number of hydrogen-bond donors (Lipinski definition) is 1. The van der Waals surface area contributed by atoms with Gasteiger partial charge in [-0.15, -0.1) is 12.4 Å². The summed E-state index contributed by atoms with van der Waals surface area (Å²) in [7, 11) is 0. The van der Waals surface area contributed by atoms with Crippen LogP contribution >= 0.6 is 35.0 Å². The first-order valence-electron chi connectivity index (χ1n) is 7.93. The molecule has 0 spiro atoms. The third kappa shape index (κ3) is 4.36. The van der Waals surface area contributed by atoms with E-state index < -0.39 is 0 Å². The van der Waals surface area contributed by atoms with Gasteiger partial charge in [0.2, 0.25) is 0 Å². The molecule has 1 aliphatic carbocycles. The molecule has 0 bridgehead atoms. The van der Waals surface area contributed by atoms with Crippen molar-refractivity contribution in [1.82, 2.24) is 10.2 Å². The van der Waals surface area contributed by atoms with Crippen LogP contribution in [-0.2, 0) is 0 Å². The highest BCUT2D eigenvalue weighted by Crippen LogP contribution is 2.28. The lowest BCUT2D eigenvalue weighted by atomic mass is 10.0. The summed E-state index contributed by atoms with van der Waals surface area (Å²) in [5.41, 5.74) is 2.04. The lowest BCUT2D eigenvalue weighted by molar-refractivity contribution is 0.0704. The van der Waals surface area contributed by atoms with Crippen molar-refractivity contribution in [2.45, 2.75) is 38.6 Å². The zero-order chi connectivity index (χ0) is 14.8. The van der Waals surface area contributed by atoms with Gasteiger partial charge in [-0.1, -0.05) is 12.1 Å². The van der Waals surface area contributed by atoms with Gasteiger partial charge in [-0.25, -0.2) is 0 Å². The Morgan fingerprint density at radius 1 is 1.27 bits per heavy atom. The Morgan fingerprint density at radius 2 is 1.95 bits per heavy atom. The van der Waals surface area contributed by atoms with E-state index in [-0.39, 0.29) is 18.3 Å². The number of likely N-dealkylation sites (tertiary alicyclic amines) is 1. The number of halogens is 2. The second-order valence-electron chi connectivity index (χ2n) is 6.35. The molecule has 0 unspecified atom stereocenters. The molecule has 0 radical (unpaired) electrons. The van der Waals surface area contributed by atoms with E-state index in [1.807, 2.05) is 17.0 Å². The molecule has 1 heterocycles. The number of amides is 1. The summed E-state index contributed by atoms with van der Waals surface area (Å²) in [6.07, 6.45) is 4.97. The molecule has 1 amide bonds. The molecule has 3 rings (SSSR count). The molecular weight excluding hydrogens is 411 g/mol. The summed E-state index contributed by atoms with van der Waals surface area (Å²) in [4.78, 5) is 14.7. The van der Waals surface area contributed by atoms with Crippen molar-refractivity contribution in [1.29, 1.82) is 0 Å². The number of nitrogens with one attached hydrogen (secondary N) is 1. The lowest BCUT2D eigenvalue weighted by Crippen LogP contribution is -2.45. The minimum Gasteiger partial charge on any atom is -0.338 e. The normalized spacial score (nSPS) is 18.9. The van der Waals surface area contributed by atoms with E-state index in [9.17, 15) is 4.79 Å². The monoisotopic (exact) mass is 434 g/mol. The average Bonchev–Trinajstić information content (AvgIpc) is 3.32. The Morgan fingerprint density at radius 3 is 2.59 bits per heavy atom. The van der Waals surface area contributed by atoms with Crippen LogP contribution in [0.2, 0.25) is 0 Å². The van der Waals surface area contributed by atoms with E-state index in [0.717, 1.165) is 41.0 Å². The summed E-state index contributed by atoms with van der Waals surface area (Å²) in [5, 5.41) is 3.66. The van der Waals surface area contributed by atoms with Gasteiger partial charge in [-0.2, -0.15) is 0 Å². The van der Waals surface area contributed by atoms with Gasteiger partial charge < -0.3 is 10.2 Å². The van der Waals surface area contributed by atoms with E-state index in [1.54, 1.807) is 0 Å². The summed E-state index contributed by atoms with van der Waals surface area (Å²) in [5.74, 6) is 1.13. The Balaban J connectivity index is 0.00000176. The molecule has 22 heavy (non-hydrogen) atoms. The molecule has 1 aromatic rings. The summed E-state index contributed by atoms with van der Waals surface area (Å²) in [6, 6.07) is 6.60. The predicted molar refractivity (Wildman–Crippen MR) is 101 cm³/mol. The van der Waals surface area contributed by atoms with Crippen LogP contribution in [-0.4, -0.2) is 36.5 Å². The van der Waals surface area contributed by atoms with Crippen molar-refractivity contribution in [2.75, 3.05) is 19.6 Å². The smallest absolute Gasteiger partial charge is 0.254 e. The Hall–Kier alpha value is -0.330. The maximum Gasteiger partial charge on any atom is 0.254 e. The van der Waals surface area contributed by atoms with Crippen LogP contribution in [0.3, 0.4) is 0 Å². The first kappa shape index (κ1) is 18.0. The molecule has 2 fully saturated rings. The molecule has 5 heteroatoms. The summed E-state index contributed by atoms with van der Waals surface area (Å²) < 4.78 is 1.09. The highest BCUT2D eigenvalue weighted by atomic mass is 127. The molecule has 1 aliphatic heterocycles. The minimum atomic E-state index is 0. The van der Waals surface area contributed by atoms with Crippen LogP contribution in [0.5, 0.6) is 0 Å². The van der Waals surface area contributed by atoms with Crippen molar-refractivity contribution in [2.24, 2.45) is 5.92 Å². The quantitative estimate of drug-likeness (QED) is 0.734. The third-order valence-corrected chi connectivity index (χ3v) is 6.03. The number of nitrogens with zero attached hydrogens (tertiary/aromatic N) is 1. The molecule has 0 aromatic heterocycles. The highest BCUT2D eigenvalue weighted by Gasteiger charge is 2.27. The van der Waals surface area contributed by atoms with Gasteiger partial charge in [0.15, 0.2) is 0 Å². The topological polar surface area (TPSA) is 32.3 Å². The van der Waals surface area contributed by atoms with Gasteiger partial charge in [0.25, 0.3) is 5.91 Å². The SMILES string of the molecule is Cc1cccc(C(=O)N2CCC(NCC3CC3)CC2)c1I.Cl. The molecular formula is C17H24ClIN2O. The van der Waals surface area contributed by atoms with Crippen LogP contribution < -0.4 is 5.32 Å². The van der Waals surface area contributed by atoms with Crippen LogP contribution in [0.25, 0.3) is 0 Å². The van der Waals surface area contributed by atoms with Crippen molar-refractivity contribution in [3.63, 3.8) is 0 Å². The number of aryl methyl sites for hydroxylation is 1. The van der Waals surface area contributed by atoms with Gasteiger partial charge in [0.1, 0.15) is 0 Å². The number of benzene rings is 1. The fourth-order valence-corrected chi connectivity index (χ4v) is 3.52. The van der Waals surface area contributed by atoms with Crippen LogP contribution in [0, 0.1) is 16.4 Å². The average molecular weight is 435 g/mol. The van der Waals surface area contributed by atoms with Crippen molar-refractivity contribution in [3.8, 4) is 0 Å². The molecule has 3 nitrogen and oxygen atoms in total. The standard InChI is InChI=1S/C17H23IN2O.ClH/c1-12-3-2-4-15(16(12)18)17(21)20-9-7-14(8-10-20)19-11-13-5-6-13;/h2-4,13-14,19H,5-11H2,1H3;1H. The van der Waals surface area contributed by atoms with Gasteiger partial charge in [-0.3, -0.25) is 4.79 Å². The number of rotatable bonds is 4. The third-order valence-electron chi connectivity index (χ3n) is 4.60. The van der Waals surface area contributed by atoms with E-state index in [0.29, 0.717) is 6.04 Å². The fourth-order valence-electron chi connectivity index (χ4n) is 2.92. The van der Waals surface area contributed by atoms with E-state index in [4.69, 9.17) is 0 Å². The molecule has 2 aliphatic rings.